The number of aliphatic carboxylic acids is 1. The number of carbonyl (C=O) groups is 2. The average Bonchev–Trinajstić information content (AvgIpc) is 2.80. The Bertz CT molecular complexity index is 685. The molecule has 0 saturated carbocycles. The summed E-state index contributed by atoms with van der Waals surface area (Å²) in [5, 5.41) is 10.2. The van der Waals surface area contributed by atoms with Gasteiger partial charge in [0, 0.05) is 11.5 Å². The largest absolute Gasteiger partial charge is 0.477 e. The molecule has 0 aromatic carbocycles. The van der Waals surface area contributed by atoms with Crippen LogP contribution in [0.2, 0.25) is 0 Å². The van der Waals surface area contributed by atoms with Gasteiger partial charge < -0.3 is 10.8 Å². The highest BCUT2D eigenvalue weighted by atomic mass is 32.2. The maximum atomic E-state index is 11.9. The van der Waals surface area contributed by atoms with Gasteiger partial charge in [0.25, 0.3) is 0 Å². The van der Waals surface area contributed by atoms with Crippen LogP contribution < -0.4 is 5.73 Å². The number of aromatic nitrogens is 1. The van der Waals surface area contributed by atoms with Crippen LogP contribution in [-0.4, -0.2) is 49.8 Å². The molecule has 1 amide bonds. The van der Waals surface area contributed by atoms with Gasteiger partial charge in [0.1, 0.15) is 17.1 Å². The van der Waals surface area contributed by atoms with Crippen LogP contribution in [0.5, 0.6) is 0 Å². The predicted molar refractivity (Wildman–Crippen MR) is 88.0 cm³/mol. The highest BCUT2D eigenvalue weighted by molar-refractivity contribution is 8.02. The first-order valence-electron chi connectivity index (χ1n) is 6.62. The molecule has 6 nitrogen and oxygen atoms in total. The van der Waals surface area contributed by atoms with Crippen molar-refractivity contribution in [1.29, 1.82) is 0 Å². The zero-order valence-corrected chi connectivity index (χ0v) is 14.5. The van der Waals surface area contributed by atoms with Crippen LogP contribution in [0.3, 0.4) is 0 Å². The molecule has 1 aromatic heterocycles. The number of carboxylic acids is 1. The topological polar surface area (TPSA) is 96.5 Å². The summed E-state index contributed by atoms with van der Waals surface area (Å²) in [5.74, 6) is -0.225. The number of amides is 1. The first kappa shape index (κ1) is 15.9. The van der Waals surface area contributed by atoms with Crippen LogP contribution >= 0.6 is 34.9 Å². The highest BCUT2D eigenvalue weighted by Gasteiger charge is 2.51. The molecule has 0 radical (unpaired) electrons. The van der Waals surface area contributed by atoms with Gasteiger partial charge in [-0.2, -0.15) is 0 Å². The van der Waals surface area contributed by atoms with Gasteiger partial charge >= 0.3 is 5.97 Å². The molecule has 3 N–H and O–H groups in total. The number of β-lactam (4-membered cyclic amide) rings is 1. The molecule has 2 aliphatic rings. The molecular formula is C13H15N3O3S3. The second kappa shape index (κ2) is 5.88. The van der Waals surface area contributed by atoms with Crippen molar-refractivity contribution in [2.45, 2.75) is 29.5 Å². The molecule has 1 saturated heterocycles. The van der Waals surface area contributed by atoms with Crippen molar-refractivity contribution in [2.24, 2.45) is 5.73 Å². The van der Waals surface area contributed by atoms with Gasteiger partial charge in [0.05, 0.1) is 14.9 Å². The fourth-order valence-electron chi connectivity index (χ4n) is 2.49. The molecule has 0 spiro atoms. The molecule has 118 valence electrons. The molecule has 2 atom stereocenters. The van der Waals surface area contributed by atoms with Gasteiger partial charge in [-0.1, -0.05) is 0 Å². The molecule has 2 aliphatic heterocycles. The smallest absolute Gasteiger partial charge is 0.352 e. The number of fused-ring (bicyclic) bond motifs is 1. The van der Waals surface area contributed by atoms with Gasteiger partial charge in [0.2, 0.25) is 5.91 Å². The molecule has 1 unspecified atom stereocenters. The van der Waals surface area contributed by atoms with E-state index in [1.165, 1.54) is 16.7 Å². The van der Waals surface area contributed by atoms with E-state index in [0.717, 1.165) is 20.5 Å². The van der Waals surface area contributed by atoms with Gasteiger partial charge in [-0.15, -0.1) is 34.9 Å². The van der Waals surface area contributed by atoms with Gasteiger partial charge in [0.15, 0.2) is 0 Å². The lowest BCUT2D eigenvalue weighted by Crippen LogP contribution is -2.68. The minimum atomic E-state index is -1.06. The number of nitrogens with two attached hydrogens (primary N) is 1. The molecule has 3 rings (SSSR count). The molecular weight excluding hydrogens is 342 g/mol. The Morgan fingerprint density at radius 2 is 2.27 bits per heavy atom. The Morgan fingerprint density at radius 3 is 2.86 bits per heavy atom. The molecule has 3 heterocycles. The SMILES string of the molecule is Cc1nc(C)c(SCC2=C(C(=O)O)N3C(=O)C(N)[C@@H]3SC2)s1. The van der Waals surface area contributed by atoms with Crippen LogP contribution in [0.4, 0.5) is 0 Å². The zero-order chi connectivity index (χ0) is 16.0. The van der Waals surface area contributed by atoms with Crippen molar-refractivity contribution in [2.75, 3.05) is 11.5 Å². The van der Waals surface area contributed by atoms with Crippen molar-refractivity contribution in [3.63, 3.8) is 0 Å². The monoisotopic (exact) mass is 357 g/mol. The molecule has 1 fully saturated rings. The number of thiazole rings is 1. The Labute approximate surface area is 140 Å². The van der Waals surface area contributed by atoms with E-state index in [9.17, 15) is 14.7 Å². The summed E-state index contributed by atoms with van der Waals surface area (Å²) in [5.41, 5.74) is 7.58. The average molecular weight is 357 g/mol. The summed E-state index contributed by atoms with van der Waals surface area (Å²) in [6, 6.07) is -0.583. The summed E-state index contributed by atoms with van der Waals surface area (Å²) in [6.07, 6.45) is 0. The number of rotatable bonds is 4. The number of hydrogen-bond donors (Lipinski definition) is 2. The van der Waals surface area contributed by atoms with E-state index >= 15 is 0 Å². The third-order valence-electron chi connectivity index (χ3n) is 3.53. The molecule has 9 heteroatoms. The fraction of sp³-hybridized carbons (Fsp3) is 0.462. The quantitative estimate of drug-likeness (QED) is 0.621. The Kier molecular flexibility index (Phi) is 4.23. The summed E-state index contributed by atoms with van der Waals surface area (Å²) >= 11 is 4.71. The van der Waals surface area contributed by atoms with E-state index in [-0.39, 0.29) is 17.0 Å². The van der Waals surface area contributed by atoms with E-state index in [0.29, 0.717) is 11.5 Å². The number of nitrogens with zero attached hydrogens (tertiary/aromatic N) is 2. The van der Waals surface area contributed by atoms with Crippen LogP contribution in [0.25, 0.3) is 0 Å². The Hall–Kier alpha value is -1.03. The number of carboxylic acid groups (broad SMARTS) is 1. The second-order valence-corrected chi connectivity index (χ2v) is 8.64. The van der Waals surface area contributed by atoms with Gasteiger partial charge in [-0.3, -0.25) is 9.69 Å². The lowest BCUT2D eigenvalue weighted by atomic mass is 10.0. The molecule has 0 aliphatic carbocycles. The second-order valence-electron chi connectivity index (χ2n) is 5.09. The number of carbonyl (C=O) groups excluding carboxylic acids is 1. The summed E-state index contributed by atoms with van der Waals surface area (Å²) in [7, 11) is 0. The normalized spacial score (nSPS) is 24.3. The van der Waals surface area contributed by atoms with E-state index < -0.39 is 12.0 Å². The number of hydrogen-bond acceptors (Lipinski definition) is 7. The Morgan fingerprint density at radius 1 is 1.55 bits per heavy atom. The van der Waals surface area contributed by atoms with Crippen molar-refractivity contribution >= 4 is 46.7 Å². The first-order chi connectivity index (χ1) is 10.4. The van der Waals surface area contributed by atoms with Crippen molar-refractivity contribution < 1.29 is 14.7 Å². The highest BCUT2D eigenvalue weighted by Crippen LogP contribution is 2.41. The van der Waals surface area contributed by atoms with Crippen molar-refractivity contribution in [1.82, 2.24) is 9.88 Å². The van der Waals surface area contributed by atoms with Crippen LogP contribution in [0.1, 0.15) is 10.7 Å². The maximum Gasteiger partial charge on any atom is 0.352 e. The van der Waals surface area contributed by atoms with Crippen molar-refractivity contribution in [3.05, 3.63) is 22.0 Å². The third-order valence-corrected chi connectivity index (χ3v) is 7.41. The Balaban J connectivity index is 1.83. The standard InChI is InChI=1S/C13H15N3O3S3/c1-5-13(22-6(2)15-5)21-4-7-3-20-11-8(14)10(17)16(11)9(7)12(18)19/h8,11H,3-4,14H2,1-2H3,(H,18,19)/t8?,11-/m0/s1. The van der Waals surface area contributed by atoms with Gasteiger partial charge in [-0.25, -0.2) is 9.78 Å². The molecule has 22 heavy (non-hydrogen) atoms. The number of thioether (sulfide) groups is 2. The summed E-state index contributed by atoms with van der Waals surface area (Å²) < 4.78 is 1.09. The van der Waals surface area contributed by atoms with E-state index in [1.807, 2.05) is 13.8 Å². The summed E-state index contributed by atoms with van der Waals surface area (Å²) in [6.45, 7) is 3.90. The predicted octanol–water partition coefficient (Wildman–Crippen LogP) is 1.43. The van der Waals surface area contributed by atoms with Crippen molar-refractivity contribution in [3.8, 4) is 0 Å². The van der Waals surface area contributed by atoms with E-state index in [2.05, 4.69) is 4.98 Å². The van der Waals surface area contributed by atoms with E-state index in [4.69, 9.17) is 5.73 Å². The summed E-state index contributed by atoms with van der Waals surface area (Å²) in [4.78, 5) is 29.1. The van der Waals surface area contributed by atoms with Gasteiger partial charge in [-0.05, 0) is 19.4 Å². The minimum absolute atomic E-state index is 0.113. The number of aryl methyl sites for hydroxylation is 2. The molecule has 1 aromatic rings. The lowest BCUT2D eigenvalue weighted by molar-refractivity contribution is -0.147. The fourth-order valence-corrected chi connectivity index (χ4v) is 6.13. The zero-order valence-electron chi connectivity index (χ0n) is 12.0. The lowest BCUT2D eigenvalue weighted by Gasteiger charge is -2.48. The minimum Gasteiger partial charge on any atom is -0.477 e. The third kappa shape index (κ3) is 2.55. The van der Waals surface area contributed by atoms with Crippen LogP contribution in [-0.2, 0) is 9.59 Å². The van der Waals surface area contributed by atoms with Crippen LogP contribution in [0.15, 0.2) is 15.5 Å². The van der Waals surface area contributed by atoms with Crippen LogP contribution in [0, 0.1) is 13.8 Å². The van der Waals surface area contributed by atoms with E-state index in [1.54, 1.807) is 23.1 Å². The molecule has 0 bridgehead atoms. The maximum absolute atomic E-state index is 11.9. The first-order valence-corrected chi connectivity index (χ1v) is 9.47.